The van der Waals surface area contributed by atoms with Crippen molar-refractivity contribution in [2.24, 2.45) is 23.2 Å². The zero-order valence-electron chi connectivity index (χ0n) is 11.5. The lowest BCUT2D eigenvalue weighted by Crippen LogP contribution is -2.40. The van der Waals surface area contributed by atoms with Gasteiger partial charge in [-0.25, -0.2) is 0 Å². The number of hydrogen-bond acceptors (Lipinski definition) is 2. The van der Waals surface area contributed by atoms with E-state index in [-0.39, 0.29) is 17.5 Å². The molecule has 0 aromatic carbocycles. The predicted molar refractivity (Wildman–Crippen MR) is 68.5 cm³/mol. The molecule has 2 nitrogen and oxygen atoms in total. The van der Waals surface area contributed by atoms with E-state index in [0.29, 0.717) is 11.8 Å². The van der Waals surface area contributed by atoms with Gasteiger partial charge in [-0.05, 0) is 42.4 Å². The third kappa shape index (κ3) is 2.27. The van der Waals surface area contributed by atoms with E-state index in [0.717, 1.165) is 18.8 Å². The van der Waals surface area contributed by atoms with Gasteiger partial charge in [0.1, 0.15) is 6.10 Å². The van der Waals surface area contributed by atoms with E-state index in [9.17, 15) is 4.79 Å². The maximum absolute atomic E-state index is 11.1. The minimum atomic E-state index is -0.152. The van der Waals surface area contributed by atoms with Crippen molar-refractivity contribution in [3.8, 4) is 0 Å². The van der Waals surface area contributed by atoms with Gasteiger partial charge in [0.05, 0.1) is 0 Å². The summed E-state index contributed by atoms with van der Waals surface area (Å²) in [7, 11) is 0. The van der Waals surface area contributed by atoms with Crippen LogP contribution in [0.1, 0.15) is 47.0 Å². The molecule has 0 spiro atoms. The number of carbonyl (C=O) groups is 1. The highest BCUT2D eigenvalue weighted by Gasteiger charge is 2.49. The molecule has 2 heteroatoms. The maximum atomic E-state index is 11.1. The fourth-order valence-corrected chi connectivity index (χ4v) is 3.93. The highest BCUT2D eigenvalue weighted by atomic mass is 16.5. The Bertz CT molecular complexity index is 343. The molecule has 0 N–H and O–H groups in total. The first kappa shape index (κ1) is 12.7. The third-order valence-corrected chi connectivity index (χ3v) is 4.81. The van der Waals surface area contributed by atoms with Gasteiger partial charge >= 0.3 is 5.97 Å². The summed E-state index contributed by atoms with van der Waals surface area (Å²) >= 11 is 0. The van der Waals surface area contributed by atoms with Crippen molar-refractivity contribution < 1.29 is 9.53 Å². The van der Waals surface area contributed by atoms with Gasteiger partial charge in [0.25, 0.3) is 0 Å². The van der Waals surface area contributed by atoms with E-state index in [2.05, 4.69) is 27.4 Å². The quantitative estimate of drug-likeness (QED) is 0.514. The monoisotopic (exact) mass is 236 g/mol. The first-order valence-corrected chi connectivity index (χ1v) is 6.67. The summed E-state index contributed by atoms with van der Waals surface area (Å²) in [5.41, 5.74) is 1.64. The molecular weight excluding hydrogens is 212 g/mol. The average Bonchev–Trinajstić information content (AvgIpc) is 2.44. The molecule has 2 saturated carbocycles. The van der Waals surface area contributed by atoms with Crippen molar-refractivity contribution in [3.63, 3.8) is 0 Å². The van der Waals surface area contributed by atoms with Crippen LogP contribution in [0.2, 0.25) is 0 Å². The Labute approximate surface area is 104 Å². The summed E-state index contributed by atoms with van der Waals surface area (Å²) in [4.78, 5) is 11.1. The van der Waals surface area contributed by atoms with E-state index >= 15 is 0 Å². The molecule has 0 radical (unpaired) electrons. The van der Waals surface area contributed by atoms with Crippen LogP contribution in [0.3, 0.4) is 0 Å². The molecule has 0 aliphatic heterocycles. The van der Waals surface area contributed by atoms with Crippen molar-refractivity contribution in [2.75, 3.05) is 0 Å². The minimum absolute atomic E-state index is 0.0887. The second-order valence-electron chi connectivity index (χ2n) is 6.58. The lowest BCUT2D eigenvalue weighted by atomic mass is 9.63. The molecule has 0 saturated heterocycles. The number of carbonyl (C=O) groups excluding carboxylic acids is 1. The largest absolute Gasteiger partial charge is 0.463 e. The summed E-state index contributed by atoms with van der Waals surface area (Å²) in [5.74, 6) is 1.75. The zero-order chi connectivity index (χ0) is 12.8. The van der Waals surface area contributed by atoms with Gasteiger partial charge in [-0.1, -0.05) is 32.9 Å². The van der Waals surface area contributed by atoms with E-state index < -0.39 is 0 Å². The molecule has 17 heavy (non-hydrogen) atoms. The SMILES string of the molecule is C=C1C(C)CC2C1CC(OC(C)=O)CC2(C)C. The van der Waals surface area contributed by atoms with Crippen LogP contribution in [0.4, 0.5) is 0 Å². The van der Waals surface area contributed by atoms with E-state index in [1.54, 1.807) is 0 Å². The second kappa shape index (κ2) is 4.15. The summed E-state index contributed by atoms with van der Waals surface area (Å²) in [5, 5.41) is 0. The molecular formula is C15H24O2. The lowest BCUT2D eigenvalue weighted by molar-refractivity contribution is -0.152. The van der Waals surface area contributed by atoms with Crippen molar-refractivity contribution in [3.05, 3.63) is 12.2 Å². The van der Waals surface area contributed by atoms with Crippen molar-refractivity contribution in [2.45, 2.75) is 53.1 Å². The van der Waals surface area contributed by atoms with Crippen LogP contribution in [0.25, 0.3) is 0 Å². The summed E-state index contributed by atoms with van der Waals surface area (Å²) < 4.78 is 5.44. The van der Waals surface area contributed by atoms with Gasteiger partial charge in [0.2, 0.25) is 0 Å². The van der Waals surface area contributed by atoms with Gasteiger partial charge in [0.15, 0.2) is 0 Å². The molecule has 2 fully saturated rings. The van der Waals surface area contributed by atoms with Gasteiger partial charge < -0.3 is 4.74 Å². The predicted octanol–water partition coefficient (Wildman–Crippen LogP) is 3.57. The van der Waals surface area contributed by atoms with Crippen LogP contribution in [-0.2, 0) is 9.53 Å². The smallest absolute Gasteiger partial charge is 0.302 e. The molecule has 4 atom stereocenters. The van der Waals surface area contributed by atoms with Gasteiger partial charge in [-0.3, -0.25) is 4.79 Å². The van der Waals surface area contributed by atoms with Crippen LogP contribution < -0.4 is 0 Å². The van der Waals surface area contributed by atoms with Crippen LogP contribution in [0.15, 0.2) is 12.2 Å². The first-order chi connectivity index (χ1) is 7.81. The highest BCUT2D eigenvalue weighted by Crippen LogP contribution is 2.56. The first-order valence-electron chi connectivity index (χ1n) is 6.67. The fourth-order valence-electron chi connectivity index (χ4n) is 3.93. The zero-order valence-corrected chi connectivity index (χ0v) is 11.5. The van der Waals surface area contributed by atoms with Gasteiger partial charge in [0, 0.05) is 6.92 Å². The highest BCUT2D eigenvalue weighted by molar-refractivity contribution is 5.66. The number of rotatable bonds is 1. The Morgan fingerprint density at radius 1 is 1.41 bits per heavy atom. The molecule has 0 heterocycles. The normalized spacial score (nSPS) is 39.9. The molecule has 0 aromatic heterocycles. The Morgan fingerprint density at radius 3 is 2.65 bits per heavy atom. The second-order valence-corrected chi connectivity index (χ2v) is 6.58. The number of hydrogen-bond donors (Lipinski definition) is 0. The van der Waals surface area contributed by atoms with E-state index in [4.69, 9.17) is 4.74 Å². The Kier molecular flexibility index (Phi) is 3.09. The number of allylic oxidation sites excluding steroid dienone is 1. The fraction of sp³-hybridized carbons (Fsp3) is 0.800. The van der Waals surface area contributed by atoms with Crippen LogP contribution >= 0.6 is 0 Å². The van der Waals surface area contributed by atoms with Gasteiger partial charge in [-0.2, -0.15) is 0 Å². The Morgan fingerprint density at radius 2 is 2.06 bits per heavy atom. The summed E-state index contributed by atoms with van der Waals surface area (Å²) in [6.07, 6.45) is 3.32. The molecule has 0 aromatic rings. The van der Waals surface area contributed by atoms with Crippen LogP contribution in [-0.4, -0.2) is 12.1 Å². The standard InChI is InChI=1S/C15H24O2/c1-9-6-14-13(10(9)2)7-12(17-11(3)16)8-15(14,4)5/h9,12-14H,2,6-8H2,1,3-5H3. The van der Waals surface area contributed by atoms with Crippen molar-refractivity contribution in [1.82, 2.24) is 0 Å². The lowest BCUT2D eigenvalue weighted by Gasteiger charge is -2.44. The molecule has 2 aliphatic carbocycles. The minimum Gasteiger partial charge on any atom is -0.463 e. The summed E-state index contributed by atoms with van der Waals surface area (Å²) in [6.45, 7) is 12.7. The molecule has 2 aliphatic rings. The topological polar surface area (TPSA) is 26.3 Å². The molecule has 0 amide bonds. The van der Waals surface area contributed by atoms with Crippen molar-refractivity contribution in [1.29, 1.82) is 0 Å². The van der Waals surface area contributed by atoms with Gasteiger partial charge in [-0.15, -0.1) is 0 Å². The molecule has 96 valence electrons. The Hall–Kier alpha value is -0.790. The molecule has 0 bridgehead atoms. The van der Waals surface area contributed by atoms with E-state index in [1.807, 2.05) is 0 Å². The average molecular weight is 236 g/mol. The maximum Gasteiger partial charge on any atom is 0.302 e. The Balaban J connectivity index is 2.17. The van der Waals surface area contributed by atoms with Crippen molar-refractivity contribution >= 4 is 5.97 Å². The number of ether oxygens (including phenoxy) is 1. The number of esters is 1. The molecule has 2 rings (SSSR count). The molecule has 4 unspecified atom stereocenters. The summed E-state index contributed by atoms with van der Waals surface area (Å²) in [6, 6.07) is 0. The number of fused-ring (bicyclic) bond motifs is 1. The van der Waals surface area contributed by atoms with Crippen LogP contribution in [0, 0.1) is 23.2 Å². The van der Waals surface area contributed by atoms with E-state index in [1.165, 1.54) is 18.9 Å². The van der Waals surface area contributed by atoms with Crippen LogP contribution in [0.5, 0.6) is 0 Å². The third-order valence-electron chi connectivity index (χ3n) is 4.81.